The van der Waals surface area contributed by atoms with E-state index in [0.717, 1.165) is 35.9 Å². The van der Waals surface area contributed by atoms with E-state index in [-0.39, 0.29) is 24.2 Å². The molecule has 1 aliphatic rings. The van der Waals surface area contributed by atoms with Crippen molar-refractivity contribution in [1.29, 1.82) is 0 Å². The largest absolute Gasteiger partial charge is 0.347 e. The number of amides is 2. The maximum absolute atomic E-state index is 11.9. The summed E-state index contributed by atoms with van der Waals surface area (Å²) < 4.78 is 2.20. The summed E-state index contributed by atoms with van der Waals surface area (Å²) in [6.45, 7) is 3.11. The van der Waals surface area contributed by atoms with Gasteiger partial charge < -0.3 is 4.57 Å². The van der Waals surface area contributed by atoms with Gasteiger partial charge in [-0.05, 0) is 18.1 Å². The van der Waals surface area contributed by atoms with Crippen LogP contribution < -0.4 is 5.32 Å². The Morgan fingerprint density at radius 1 is 1.30 bits per heavy atom. The summed E-state index contributed by atoms with van der Waals surface area (Å²) in [5.74, 6) is -0.686. The normalized spacial score (nSPS) is 18.8. The third-order valence-electron chi connectivity index (χ3n) is 3.92. The van der Waals surface area contributed by atoms with Crippen molar-refractivity contribution >= 4 is 22.7 Å². The fraction of sp³-hybridized carbons (Fsp3) is 0.375. The van der Waals surface area contributed by atoms with Crippen LogP contribution in [0.5, 0.6) is 0 Å². The van der Waals surface area contributed by atoms with E-state index in [0.29, 0.717) is 0 Å². The van der Waals surface area contributed by atoms with Crippen LogP contribution in [0.4, 0.5) is 0 Å². The van der Waals surface area contributed by atoms with Crippen molar-refractivity contribution in [2.75, 3.05) is 0 Å². The topological polar surface area (TPSA) is 51.1 Å². The number of hydrogen-bond donors (Lipinski definition) is 1. The van der Waals surface area contributed by atoms with E-state index in [1.165, 1.54) is 0 Å². The van der Waals surface area contributed by atoms with Crippen molar-refractivity contribution in [2.24, 2.45) is 0 Å². The second kappa shape index (κ2) is 5.12. The van der Waals surface area contributed by atoms with Crippen LogP contribution in [0.3, 0.4) is 0 Å². The van der Waals surface area contributed by atoms with Crippen molar-refractivity contribution in [3.05, 3.63) is 36.0 Å². The van der Waals surface area contributed by atoms with Gasteiger partial charge in [0.15, 0.2) is 0 Å². The van der Waals surface area contributed by atoms with Gasteiger partial charge in [-0.1, -0.05) is 31.5 Å². The van der Waals surface area contributed by atoms with Crippen LogP contribution in [0.1, 0.15) is 37.7 Å². The molecule has 1 aliphatic heterocycles. The molecule has 2 heterocycles. The van der Waals surface area contributed by atoms with Crippen LogP contribution in [0.15, 0.2) is 30.5 Å². The predicted octanol–water partition coefficient (Wildman–Crippen LogP) is 2.57. The van der Waals surface area contributed by atoms with Gasteiger partial charge in [0.1, 0.15) is 0 Å². The molecular formula is C16H18N2O2. The van der Waals surface area contributed by atoms with Crippen molar-refractivity contribution < 1.29 is 9.59 Å². The molecule has 2 amide bonds. The third kappa shape index (κ3) is 2.11. The highest BCUT2D eigenvalue weighted by atomic mass is 16.2. The molecule has 1 N–H and O–H groups in total. The summed E-state index contributed by atoms with van der Waals surface area (Å²) in [6, 6.07) is 8.09. The van der Waals surface area contributed by atoms with Crippen LogP contribution in [0, 0.1) is 0 Å². The highest BCUT2D eigenvalue weighted by Crippen LogP contribution is 2.32. The Bertz CT molecular complexity index is 672. The molecule has 1 atom stereocenters. The van der Waals surface area contributed by atoms with Crippen molar-refractivity contribution in [2.45, 2.75) is 38.6 Å². The van der Waals surface area contributed by atoms with E-state index in [9.17, 15) is 9.59 Å². The highest BCUT2D eigenvalue weighted by molar-refractivity contribution is 6.07. The molecule has 1 unspecified atom stereocenters. The standard InChI is InChI=1S/C16H18N2O2/c1-2-3-8-18-10-13(11-6-4-5-7-14(11)18)12-9-15(19)17-16(12)20/h4-7,10,12H,2-3,8-9H2,1H3,(H,17,19,20). The number of nitrogens with one attached hydrogen (secondary N) is 1. The number of carbonyl (C=O) groups excluding carboxylic acids is 2. The number of aromatic nitrogens is 1. The van der Waals surface area contributed by atoms with Gasteiger partial charge in [-0.25, -0.2) is 0 Å². The lowest BCUT2D eigenvalue weighted by Gasteiger charge is -2.03. The molecule has 1 saturated heterocycles. The summed E-state index contributed by atoms with van der Waals surface area (Å²) in [5, 5.41) is 3.48. The van der Waals surface area contributed by atoms with Crippen LogP contribution in [0.2, 0.25) is 0 Å². The number of hydrogen-bond acceptors (Lipinski definition) is 2. The van der Waals surface area contributed by atoms with E-state index in [1.807, 2.05) is 24.4 Å². The number of rotatable bonds is 4. The van der Waals surface area contributed by atoms with E-state index >= 15 is 0 Å². The lowest BCUT2D eigenvalue weighted by Crippen LogP contribution is -2.21. The first-order chi connectivity index (χ1) is 9.70. The quantitative estimate of drug-likeness (QED) is 0.868. The fourth-order valence-electron chi connectivity index (χ4n) is 2.87. The number of para-hydroxylation sites is 1. The SMILES string of the molecule is CCCCn1cc(C2CC(=O)NC2=O)c2ccccc21. The third-order valence-corrected chi connectivity index (χ3v) is 3.92. The smallest absolute Gasteiger partial charge is 0.234 e. The molecule has 0 radical (unpaired) electrons. The number of benzene rings is 1. The zero-order valence-electron chi connectivity index (χ0n) is 11.6. The highest BCUT2D eigenvalue weighted by Gasteiger charge is 2.33. The predicted molar refractivity (Wildman–Crippen MR) is 77.4 cm³/mol. The van der Waals surface area contributed by atoms with E-state index in [1.54, 1.807) is 0 Å². The minimum absolute atomic E-state index is 0.173. The molecule has 104 valence electrons. The van der Waals surface area contributed by atoms with Crippen LogP contribution >= 0.6 is 0 Å². The molecule has 4 heteroatoms. The molecule has 0 bridgehead atoms. The van der Waals surface area contributed by atoms with Gasteiger partial charge in [-0.3, -0.25) is 14.9 Å². The number of nitrogens with zero attached hydrogens (tertiary/aromatic N) is 1. The molecule has 1 aromatic heterocycles. The Hall–Kier alpha value is -2.10. The molecule has 1 fully saturated rings. The van der Waals surface area contributed by atoms with Crippen molar-refractivity contribution in [3.63, 3.8) is 0 Å². The molecule has 20 heavy (non-hydrogen) atoms. The maximum Gasteiger partial charge on any atom is 0.234 e. The monoisotopic (exact) mass is 270 g/mol. The Labute approximate surface area is 117 Å². The Morgan fingerprint density at radius 2 is 2.10 bits per heavy atom. The first-order valence-corrected chi connectivity index (χ1v) is 7.12. The number of aryl methyl sites for hydroxylation is 1. The maximum atomic E-state index is 11.9. The molecular weight excluding hydrogens is 252 g/mol. The second-order valence-corrected chi connectivity index (χ2v) is 5.32. The molecule has 0 aliphatic carbocycles. The Balaban J connectivity index is 2.06. The minimum atomic E-state index is -0.338. The van der Waals surface area contributed by atoms with Crippen molar-refractivity contribution in [1.82, 2.24) is 9.88 Å². The van der Waals surface area contributed by atoms with Crippen molar-refractivity contribution in [3.8, 4) is 0 Å². The summed E-state index contributed by atoms with van der Waals surface area (Å²) in [5.41, 5.74) is 2.11. The van der Waals surface area contributed by atoms with E-state index in [4.69, 9.17) is 0 Å². The van der Waals surface area contributed by atoms with Crippen LogP contribution in [-0.2, 0) is 16.1 Å². The molecule has 0 saturated carbocycles. The zero-order valence-corrected chi connectivity index (χ0v) is 11.6. The molecule has 2 aromatic rings. The first kappa shape index (κ1) is 12.9. The van der Waals surface area contributed by atoms with Crippen LogP contribution in [0.25, 0.3) is 10.9 Å². The number of carbonyl (C=O) groups is 2. The first-order valence-electron chi connectivity index (χ1n) is 7.12. The van der Waals surface area contributed by atoms with Gasteiger partial charge in [0.05, 0.1) is 5.92 Å². The summed E-state index contributed by atoms with van der Waals surface area (Å²) in [7, 11) is 0. The number of imide groups is 1. The van der Waals surface area contributed by atoms with Gasteiger partial charge in [-0.2, -0.15) is 0 Å². The molecule has 1 aromatic carbocycles. The lowest BCUT2D eigenvalue weighted by atomic mass is 9.97. The Kier molecular flexibility index (Phi) is 3.30. The second-order valence-electron chi connectivity index (χ2n) is 5.32. The summed E-state index contributed by atoms with van der Waals surface area (Å²) in [4.78, 5) is 23.3. The Morgan fingerprint density at radius 3 is 2.80 bits per heavy atom. The zero-order chi connectivity index (χ0) is 14.1. The van der Waals surface area contributed by atoms with E-state index < -0.39 is 0 Å². The van der Waals surface area contributed by atoms with Gasteiger partial charge >= 0.3 is 0 Å². The van der Waals surface area contributed by atoms with E-state index in [2.05, 4.69) is 22.9 Å². The summed E-state index contributed by atoms with van der Waals surface area (Å²) >= 11 is 0. The number of fused-ring (bicyclic) bond motifs is 1. The average Bonchev–Trinajstić information content (AvgIpc) is 2.97. The fourth-order valence-corrected chi connectivity index (χ4v) is 2.87. The van der Waals surface area contributed by atoms with Crippen LogP contribution in [-0.4, -0.2) is 16.4 Å². The van der Waals surface area contributed by atoms with Gasteiger partial charge in [0, 0.05) is 30.1 Å². The number of unbranched alkanes of at least 4 members (excludes halogenated alkanes) is 1. The minimum Gasteiger partial charge on any atom is -0.347 e. The molecule has 0 spiro atoms. The lowest BCUT2D eigenvalue weighted by molar-refractivity contribution is -0.125. The van der Waals surface area contributed by atoms with Gasteiger partial charge in [-0.15, -0.1) is 0 Å². The molecule has 4 nitrogen and oxygen atoms in total. The van der Waals surface area contributed by atoms with Gasteiger partial charge in [0.25, 0.3) is 0 Å². The molecule has 3 rings (SSSR count). The summed E-state index contributed by atoms with van der Waals surface area (Å²) in [6.07, 6.45) is 4.54. The van der Waals surface area contributed by atoms with Gasteiger partial charge in [0.2, 0.25) is 11.8 Å². The average molecular weight is 270 g/mol.